The van der Waals surface area contributed by atoms with Gasteiger partial charge in [-0.2, -0.15) is 0 Å². The third-order valence-electron chi connectivity index (χ3n) is 1.80. The van der Waals surface area contributed by atoms with Crippen LogP contribution < -0.4 is 11.5 Å². The zero-order valence-electron chi connectivity index (χ0n) is 7.78. The molecule has 1 rings (SSSR count). The van der Waals surface area contributed by atoms with E-state index in [1.54, 1.807) is 23.5 Å². The van der Waals surface area contributed by atoms with Crippen molar-refractivity contribution in [2.45, 2.75) is 16.0 Å². The normalized spacial score (nSPS) is 10.8. The Morgan fingerprint density at radius 3 is 2.31 bits per heavy atom. The van der Waals surface area contributed by atoms with Crippen molar-refractivity contribution < 1.29 is 0 Å². The highest BCUT2D eigenvalue weighted by Crippen LogP contribution is 2.27. The number of hydrogen-bond donors (Lipinski definition) is 2. The van der Waals surface area contributed by atoms with E-state index in [2.05, 4.69) is 18.2 Å². The second-order valence-corrected chi connectivity index (χ2v) is 4.36. The molecule has 0 unspecified atom stereocenters. The van der Waals surface area contributed by atoms with Crippen molar-refractivity contribution in [1.29, 1.82) is 0 Å². The summed E-state index contributed by atoms with van der Waals surface area (Å²) >= 11 is 3.37. The summed E-state index contributed by atoms with van der Waals surface area (Å²) in [4.78, 5) is 2.36. The largest absolute Gasteiger partial charge is 0.312 e. The summed E-state index contributed by atoms with van der Waals surface area (Å²) in [5.74, 6) is 0. The average Bonchev–Trinajstić information content (AvgIpc) is 2.16. The van der Waals surface area contributed by atoms with Crippen molar-refractivity contribution in [3.05, 3.63) is 23.8 Å². The van der Waals surface area contributed by atoms with Crippen molar-refractivity contribution in [2.24, 2.45) is 11.5 Å². The molecule has 0 aliphatic heterocycles. The lowest BCUT2D eigenvalue weighted by Gasteiger charge is -2.11. The van der Waals surface area contributed by atoms with Gasteiger partial charge in [0.25, 0.3) is 0 Å². The van der Waals surface area contributed by atoms with Gasteiger partial charge in [-0.25, -0.2) is 0 Å². The van der Waals surface area contributed by atoms with Crippen molar-refractivity contribution in [3.8, 4) is 0 Å². The first-order valence-corrected chi connectivity index (χ1v) is 6.37. The fraction of sp³-hybridized carbons (Fsp3) is 0.333. The van der Waals surface area contributed by atoms with Crippen LogP contribution in [0.1, 0.15) is 11.7 Å². The van der Waals surface area contributed by atoms with Crippen LogP contribution in [-0.2, 0) is 0 Å². The van der Waals surface area contributed by atoms with E-state index < -0.39 is 0 Å². The van der Waals surface area contributed by atoms with Crippen LogP contribution in [0.5, 0.6) is 0 Å². The van der Waals surface area contributed by atoms with Gasteiger partial charge in [0.15, 0.2) is 0 Å². The first-order valence-electron chi connectivity index (χ1n) is 3.92. The van der Waals surface area contributed by atoms with Crippen molar-refractivity contribution in [2.75, 3.05) is 12.5 Å². The van der Waals surface area contributed by atoms with Gasteiger partial charge < -0.3 is 11.5 Å². The number of thioether (sulfide) groups is 2. The number of nitrogens with two attached hydrogens (primary N) is 2. The minimum atomic E-state index is -0.380. The number of rotatable bonds is 3. The van der Waals surface area contributed by atoms with Gasteiger partial charge in [0.05, 0.1) is 6.17 Å². The second-order valence-electron chi connectivity index (χ2n) is 2.63. The molecule has 4 N–H and O–H groups in total. The van der Waals surface area contributed by atoms with E-state index in [0.717, 1.165) is 10.5 Å². The SMILES string of the molecule is CSc1ccc(SC)c(C(N)N)c1. The quantitative estimate of drug-likeness (QED) is 0.597. The molecule has 0 bridgehead atoms. The summed E-state index contributed by atoms with van der Waals surface area (Å²) in [7, 11) is 0. The summed E-state index contributed by atoms with van der Waals surface area (Å²) in [6.07, 6.45) is 3.69. The van der Waals surface area contributed by atoms with Crippen LogP contribution in [0.2, 0.25) is 0 Å². The molecule has 1 aromatic carbocycles. The van der Waals surface area contributed by atoms with Gasteiger partial charge in [-0.3, -0.25) is 0 Å². The molecule has 4 heteroatoms. The highest BCUT2D eigenvalue weighted by Gasteiger charge is 2.06. The van der Waals surface area contributed by atoms with Gasteiger partial charge in [0.1, 0.15) is 0 Å². The molecule has 0 heterocycles. The molecule has 72 valence electrons. The maximum absolute atomic E-state index is 5.67. The fourth-order valence-corrected chi connectivity index (χ4v) is 2.18. The Morgan fingerprint density at radius 1 is 1.15 bits per heavy atom. The Balaban J connectivity index is 3.10. The van der Waals surface area contributed by atoms with Crippen LogP contribution in [0.25, 0.3) is 0 Å². The lowest BCUT2D eigenvalue weighted by molar-refractivity contribution is 0.752. The third-order valence-corrected chi connectivity index (χ3v) is 3.33. The van der Waals surface area contributed by atoms with Gasteiger partial charge in [0.2, 0.25) is 0 Å². The molecule has 0 atom stereocenters. The molecule has 0 aliphatic rings. The van der Waals surface area contributed by atoms with Crippen LogP contribution in [0.3, 0.4) is 0 Å². The zero-order chi connectivity index (χ0) is 9.84. The molecule has 0 spiro atoms. The van der Waals surface area contributed by atoms with Gasteiger partial charge in [-0.15, -0.1) is 23.5 Å². The van der Waals surface area contributed by atoms with Crippen LogP contribution in [0.15, 0.2) is 28.0 Å². The van der Waals surface area contributed by atoms with Gasteiger partial charge in [0, 0.05) is 9.79 Å². The van der Waals surface area contributed by atoms with Crippen LogP contribution in [0, 0.1) is 0 Å². The molecular weight excluding hydrogens is 200 g/mol. The van der Waals surface area contributed by atoms with E-state index in [1.807, 2.05) is 12.5 Å². The first kappa shape index (κ1) is 10.9. The molecular formula is C9H14N2S2. The Labute approximate surface area is 87.5 Å². The number of benzene rings is 1. The lowest BCUT2D eigenvalue weighted by atomic mass is 10.2. The maximum atomic E-state index is 5.67. The van der Waals surface area contributed by atoms with Gasteiger partial charge in [-0.05, 0) is 36.3 Å². The molecule has 0 saturated carbocycles. The summed E-state index contributed by atoms with van der Waals surface area (Å²) in [6.45, 7) is 0. The molecule has 13 heavy (non-hydrogen) atoms. The van der Waals surface area contributed by atoms with E-state index in [0.29, 0.717) is 0 Å². The lowest BCUT2D eigenvalue weighted by Crippen LogP contribution is -2.20. The second kappa shape index (κ2) is 4.91. The van der Waals surface area contributed by atoms with Crippen molar-refractivity contribution in [1.82, 2.24) is 0 Å². The average molecular weight is 214 g/mol. The van der Waals surface area contributed by atoms with E-state index >= 15 is 0 Å². The smallest absolute Gasteiger partial charge is 0.0796 e. The van der Waals surface area contributed by atoms with Crippen LogP contribution >= 0.6 is 23.5 Å². The van der Waals surface area contributed by atoms with Crippen molar-refractivity contribution in [3.63, 3.8) is 0 Å². The van der Waals surface area contributed by atoms with Gasteiger partial charge >= 0.3 is 0 Å². The Hall–Kier alpha value is -0.160. The standard InChI is InChI=1S/C9H14N2S2/c1-12-6-3-4-8(13-2)7(5-6)9(10)11/h3-5,9H,10-11H2,1-2H3. The summed E-state index contributed by atoms with van der Waals surface area (Å²) in [5.41, 5.74) is 12.4. The minimum absolute atomic E-state index is 0.380. The monoisotopic (exact) mass is 214 g/mol. The predicted octanol–water partition coefficient (Wildman–Crippen LogP) is 2.05. The highest BCUT2D eigenvalue weighted by atomic mass is 32.2. The zero-order valence-corrected chi connectivity index (χ0v) is 9.41. The predicted molar refractivity (Wildman–Crippen MR) is 61.1 cm³/mol. The van der Waals surface area contributed by atoms with E-state index in [-0.39, 0.29) is 6.17 Å². The van der Waals surface area contributed by atoms with Gasteiger partial charge in [-0.1, -0.05) is 0 Å². The first-order chi connectivity index (χ1) is 6.19. The van der Waals surface area contributed by atoms with E-state index in [1.165, 1.54) is 4.90 Å². The highest BCUT2D eigenvalue weighted by molar-refractivity contribution is 7.99. The minimum Gasteiger partial charge on any atom is -0.312 e. The third kappa shape index (κ3) is 2.64. The molecule has 0 aromatic heterocycles. The maximum Gasteiger partial charge on any atom is 0.0796 e. The molecule has 0 saturated heterocycles. The van der Waals surface area contributed by atoms with Crippen LogP contribution in [0.4, 0.5) is 0 Å². The summed E-state index contributed by atoms with van der Waals surface area (Å²) < 4.78 is 0. The van der Waals surface area contributed by atoms with Crippen LogP contribution in [-0.4, -0.2) is 12.5 Å². The Bertz CT molecular complexity index is 287. The summed E-state index contributed by atoms with van der Waals surface area (Å²) in [6, 6.07) is 6.21. The van der Waals surface area contributed by atoms with E-state index in [4.69, 9.17) is 11.5 Å². The topological polar surface area (TPSA) is 52.0 Å². The fourth-order valence-electron chi connectivity index (χ4n) is 1.10. The van der Waals surface area contributed by atoms with E-state index in [9.17, 15) is 0 Å². The summed E-state index contributed by atoms with van der Waals surface area (Å²) in [5, 5.41) is 0. The molecule has 2 nitrogen and oxygen atoms in total. The number of hydrogen-bond acceptors (Lipinski definition) is 4. The molecule has 0 fully saturated rings. The van der Waals surface area contributed by atoms with Crippen molar-refractivity contribution >= 4 is 23.5 Å². The molecule has 1 aromatic rings. The molecule has 0 aliphatic carbocycles. The Morgan fingerprint density at radius 2 is 1.85 bits per heavy atom. The molecule has 0 amide bonds. The molecule has 0 radical (unpaired) electrons. The Kier molecular flexibility index (Phi) is 4.12.